The Bertz CT molecular complexity index is 643. The molecule has 0 aliphatic carbocycles. The van der Waals surface area contributed by atoms with E-state index in [0.29, 0.717) is 6.04 Å². The van der Waals surface area contributed by atoms with Crippen LogP contribution in [0.3, 0.4) is 0 Å². The largest absolute Gasteiger partial charge is 0.379 e. The molecule has 268 valence electrons. The summed E-state index contributed by atoms with van der Waals surface area (Å²) in [7, 11) is 0. The molecular formula is C37H79N7O. The van der Waals surface area contributed by atoms with Crippen LogP contribution in [0.15, 0.2) is 0 Å². The van der Waals surface area contributed by atoms with Gasteiger partial charge in [-0.15, -0.1) is 0 Å². The summed E-state index contributed by atoms with van der Waals surface area (Å²) in [5.41, 5.74) is 0. The SMILES string of the molecule is CC(C)N1CC2CC1CN2.CC(C)N1CCCC1.CC(C)N1CCCCC1.CC(C)N1CCNCC1.CC(C)N1CCOCC1. The van der Waals surface area contributed by atoms with Crippen LogP contribution >= 0.6 is 0 Å². The van der Waals surface area contributed by atoms with Gasteiger partial charge in [-0.25, -0.2) is 0 Å². The molecule has 0 aromatic rings. The van der Waals surface area contributed by atoms with Gasteiger partial charge in [-0.05, 0) is 128 Å². The highest BCUT2D eigenvalue weighted by atomic mass is 16.5. The summed E-state index contributed by atoms with van der Waals surface area (Å²) in [5.74, 6) is 0. The molecule has 0 aromatic carbocycles. The maximum Gasteiger partial charge on any atom is 0.0594 e. The molecule has 2 bridgehead atoms. The number of likely N-dealkylation sites (tertiary alicyclic amines) is 3. The number of piperazine rings is 2. The van der Waals surface area contributed by atoms with Gasteiger partial charge in [-0.3, -0.25) is 14.7 Å². The lowest BCUT2D eigenvalue weighted by molar-refractivity contribution is 0.0238. The minimum atomic E-state index is 0.689. The number of rotatable bonds is 5. The van der Waals surface area contributed by atoms with E-state index < -0.39 is 0 Å². The van der Waals surface area contributed by atoms with Crippen molar-refractivity contribution in [1.82, 2.24) is 35.1 Å². The number of hydrogen-bond donors (Lipinski definition) is 2. The maximum absolute atomic E-state index is 5.21. The molecular weight excluding hydrogens is 558 g/mol. The highest BCUT2D eigenvalue weighted by molar-refractivity contribution is 4.98. The van der Waals surface area contributed by atoms with E-state index in [1.165, 1.54) is 90.9 Å². The zero-order chi connectivity index (χ0) is 33.2. The van der Waals surface area contributed by atoms with Gasteiger partial charge in [0.1, 0.15) is 0 Å². The topological polar surface area (TPSA) is 49.5 Å². The number of fused-ring (bicyclic) bond motifs is 2. The molecule has 0 spiro atoms. The van der Waals surface area contributed by atoms with E-state index in [9.17, 15) is 0 Å². The summed E-state index contributed by atoms with van der Waals surface area (Å²) in [4.78, 5) is 12.6. The molecule has 6 fully saturated rings. The predicted octanol–water partition coefficient (Wildman–Crippen LogP) is 4.84. The molecule has 8 heteroatoms. The van der Waals surface area contributed by atoms with E-state index in [0.717, 1.165) is 75.6 Å². The average Bonchev–Trinajstić information content (AvgIpc) is 3.84. The number of nitrogens with one attached hydrogen (secondary N) is 2. The first-order valence-electron chi connectivity index (χ1n) is 19.2. The minimum Gasteiger partial charge on any atom is -0.379 e. The number of nitrogens with zero attached hydrogens (tertiary/aromatic N) is 5. The fourth-order valence-electron chi connectivity index (χ4n) is 7.21. The van der Waals surface area contributed by atoms with Crippen LogP contribution in [0.1, 0.15) is 108 Å². The quantitative estimate of drug-likeness (QED) is 0.445. The van der Waals surface area contributed by atoms with Crippen LogP contribution in [0.4, 0.5) is 0 Å². The van der Waals surface area contributed by atoms with Crippen molar-refractivity contribution < 1.29 is 4.74 Å². The number of piperidine rings is 1. The number of hydrogen-bond acceptors (Lipinski definition) is 8. The summed E-state index contributed by atoms with van der Waals surface area (Å²) in [6, 6.07) is 5.37. The third-order valence-electron chi connectivity index (χ3n) is 10.4. The number of morpholine rings is 1. The smallest absolute Gasteiger partial charge is 0.0594 e. The fourth-order valence-corrected chi connectivity index (χ4v) is 7.21. The highest BCUT2D eigenvalue weighted by Gasteiger charge is 2.38. The standard InChI is InChI=1S/C8H16N2.C8H17N.C7H16N2.C7H15NO.C7H15N/c1-6(2)10-5-7-3-8(10)4-9-7;1-8(2)9-6-4-3-5-7-9;1-7(2)9-5-3-8-4-6-9;1-7(2)8-3-5-9-6-4-8;1-7(2)8-5-3-4-6-8/h6-9H,3-5H2,1-2H3;8H,3-7H2,1-2H3;7-8H,3-6H2,1-2H3;7H,3-6H2,1-2H3;7H,3-6H2,1-2H3. The molecule has 6 rings (SSSR count). The Morgan fingerprint density at radius 1 is 0.511 bits per heavy atom. The molecule has 0 radical (unpaired) electrons. The van der Waals surface area contributed by atoms with E-state index in [4.69, 9.17) is 4.74 Å². The Labute approximate surface area is 281 Å². The van der Waals surface area contributed by atoms with Gasteiger partial charge in [0.2, 0.25) is 0 Å². The molecule has 8 nitrogen and oxygen atoms in total. The monoisotopic (exact) mass is 638 g/mol. The van der Waals surface area contributed by atoms with E-state index >= 15 is 0 Å². The maximum atomic E-state index is 5.21. The molecule has 0 amide bonds. The zero-order valence-electron chi connectivity index (χ0n) is 31.8. The van der Waals surface area contributed by atoms with Gasteiger partial charge in [-0.1, -0.05) is 6.42 Å². The second kappa shape index (κ2) is 23.1. The fraction of sp³-hybridized carbons (Fsp3) is 1.00. The molecule has 6 aliphatic rings. The van der Waals surface area contributed by atoms with Crippen molar-refractivity contribution in [2.45, 2.75) is 150 Å². The van der Waals surface area contributed by atoms with Gasteiger partial charge in [0.05, 0.1) is 13.2 Å². The van der Waals surface area contributed by atoms with E-state index in [2.05, 4.69) is 104 Å². The summed E-state index contributed by atoms with van der Waals surface area (Å²) in [6.07, 6.45) is 8.49. The van der Waals surface area contributed by atoms with Gasteiger partial charge < -0.3 is 25.2 Å². The molecule has 0 saturated carbocycles. The van der Waals surface area contributed by atoms with Crippen LogP contribution in [0.5, 0.6) is 0 Å². The Balaban J connectivity index is 0.000000196. The van der Waals surface area contributed by atoms with Crippen LogP contribution in [0.25, 0.3) is 0 Å². The molecule has 2 unspecified atom stereocenters. The Kier molecular flexibility index (Phi) is 21.0. The van der Waals surface area contributed by atoms with Gasteiger partial charge in [0, 0.05) is 94.7 Å². The molecule has 2 atom stereocenters. The lowest BCUT2D eigenvalue weighted by Crippen LogP contribution is -2.46. The van der Waals surface area contributed by atoms with Crippen molar-refractivity contribution in [3.8, 4) is 0 Å². The molecule has 0 aromatic heterocycles. The molecule has 2 N–H and O–H groups in total. The van der Waals surface area contributed by atoms with E-state index in [-0.39, 0.29) is 0 Å². The molecule has 6 aliphatic heterocycles. The Morgan fingerprint density at radius 3 is 1.22 bits per heavy atom. The first kappa shape index (κ1) is 40.9. The lowest BCUT2D eigenvalue weighted by Gasteiger charge is -2.30. The lowest BCUT2D eigenvalue weighted by atomic mass is 10.1. The van der Waals surface area contributed by atoms with Crippen LogP contribution in [-0.4, -0.2) is 159 Å². The van der Waals surface area contributed by atoms with Crippen LogP contribution in [-0.2, 0) is 4.74 Å². The van der Waals surface area contributed by atoms with Gasteiger partial charge >= 0.3 is 0 Å². The van der Waals surface area contributed by atoms with Crippen LogP contribution in [0, 0.1) is 0 Å². The average molecular weight is 638 g/mol. The van der Waals surface area contributed by atoms with E-state index in [1.807, 2.05) is 0 Å². The summed E-state index contributed by atoms with van der Waals surface area (Å²) >= 11 is 0. The second-order valence-corrected chi connectivity index (χ2v) is 15.4. The second-order valence-electron chi connectivity index (χ2n) is 15.4. The summed E-state index contributed by atoms with van der Waals surface area (Å²) < 4.78 is 5.21. The van der Waals surface area contributed by atoms with Gasteiger partial charge in [-0.2, -0.15) is 0 Å². The van der Waals surface area contributed by atoms with Gasteiger partial charge in [0.25, 0.3) is 0 Å². The van der Waals surface area contributed by atoms with E-state index in [1.54, 1.807) is 0 Å². The molecule has 6 saturated heterocycles. The van der Waals surface area contributed by atoms with Crippen molar-refractivity contribution in [3.05, 3.63) is 0 Å². The Hall–Kier alpha value is -0.320. The minimum absolute atomic E-state index is 0.689. The normalized spacial score (nSPS) is 26.7. The number of ether oxygens (including phenoxy) is 1. The summed E-state index contributed by atoms with van der Waals surface area (Å²) in [5, 5.41) is 6.83. The first-order valence-corrected chi connectivity index (χ1v) is 19.2. The van der Waals surface area contributed by atoms with Crippen LogP contribution < -0.4 is 10.6 Å². The summed E-state index contributed by atoms with van der Waals surface area (Å²) in [6.45, 7) is 39.3. The third-order valence-corrected chi connectivity index (χ3v) is 10.4. The third kappa shape index (κ3) is 16.6. The predicted molar refractivity (Wildman–Crippen MR) is 196 cm³/mol. The van der Waals surface area contributed by atoms with Crippen molar-refractivity contribution in [1.29, 1.82) is 0 Å². The van der Waals surface area contributed by atoms with Gasteiger partial charge in [0.15, 0.2) is 0 Å². The first-order chi connectivity index (χ1) is 21.5. The zero-order valence-corrected chi connectivity index (χ0v) is 31.8. The highest BCUT2D eigenvalue weighted by Crippen LogP contribution is 2.24. The van der Waals surface area contributed by atoms with Crippen molar-refractivity contribution in [2.24, 2.45) is 0 Å². The molecule has 45 heavy (non-hydrogen) atoms. The Morgan fingerprint density at radius 2 is 0.933 bits per heavy atom. The van der Waals surface area contributed by atoms with Crippen molar-refractivity contribution in [2.75, 3.05) is 91.8 Å². The van der Waals surface area contributed by atoms with Crippen molar-refractivity contribution in [3.63, 3.8) is 0 Å². The molecule has 6 heterocycles. The van der Waals surface area contributed by atoms with Crippen LogP contribution in [0.2, 0.25) is 0 Å². The van der Waals surface area contributed by atoms with Crippen molar-refractivity contribution >= 4 is 0 Å².